The number of thiophene rings is 1. The lowest BCUT2D eigenvalue weighted by atomic mass is 10.0. The van der Waals surface area contributed by atoms with E-state index in [0.717, 1.165) is 53.0 Å². The monoisotopic (exact) mass is 473 g/mol. The van der Waals surface area contributed by atoms with E-state index in [1.165, 1.54) is 19.3 Å². The van der Waals surface area contributed by atoms with Gasteiger partial charge in [0.1, 0.15) is 5.75 Å². The molecule has 0 aliphatic carbocycles. The lowest BCUT2D eigenvalue weighted by Crippen LogP contribution is -2.28. The molecule has 1 aromatic heterocycles. The van der Waals surface area contributed by atoms with Crippen molar-refractivity contribution in [1.29, 1.82) is 0 Å². The highest BCUT2D eigenvalue weighted by atomic mass is 32.1. The van der Waals surface area contributed by atoms with Gasteiger partial charge in [-0.1, -0.05) is 65.0 Å². The fourth-order valence-corrected chi connectivity index (χ4v) is 4.45. The maximum absolute atomic E-state index is 12.4. The first-order valence-electron chi connectivity index (χ1n) is 12.3. The normalized spacial score (nSPS) is 11.8. The van der Waals surface area contributed by atoms with Crippen LogP contribution in [0.25, 0.3) is 11.1 Å². The van der Waals surface area contributed by atoms with Crippen LogP contribution in [0.2, 0.25) is 0 Å². The number of benzene rings is 1. The molecule has 0 saturated heterocycles. The van der Waals surface area contributed by atoms with Gasteiger partial charge in [-0.2, -0.15) is 0 Å². The summed E-state index contributed by atoms with van der Waals surface area (Å²) in [5.74, 6) is 0.152. The van der Waals surface area contributed by atoms with Crippen molar-refractivity contribution in [3.8, 4) is 16.9 Å². The Morgan fingerprint density at radius 1 is 1.09 bits per heavy atom. The SMILES string of the molecule is CCCCCCC(C)C(=O)NCc1cc(-c2ccc(CCC(=O)O)cc2OCCCC)cs1. The Labute approximate surface area is 202 Å². The molecule has 0 aliphatic heterocycles. The number of hydrogen-bond donors (Lipinski definition) is 2. The second-order valence-electron chi connectivity index (χ2n) is 8.70. The molecule has 1 amide bonds. The number of carboxylic acid groups (broad SMARTS) is 1. The van der Waals surface area contributed by atoms with E-state index >= 15 is 0 Å². The maximum Gasteiger partial charge on any atom is 0.303 e. The van der Waals surface area contributed by atoms with Gasteiger partial charge < -0.3 is 15.2 Å². The second-order valence-corrected chi connectivity index (χ2v) is 9.69. The number of hydrogen-bond acceptors (Lipinski definition) is 4. The number of carbonyl (C=O) groups excluding carboxylic acids is 1. The summed E-state index contributed by atoms with van der Waals surface area (Å²) in [7, 11) is 0. The second kappa shape index (κ2) is 14.7. The summed E-state index contributed by atoms with van der Waals surface area (Å²) >= 11 is 1.63. The van der Waals surface area contributed by atoms with Crippen molar-refractivity contribution < 1.29 is 19.4 Å². The number of aryl methyl sites for hydroxylation is 1. The van der Waals surface area contributed by atoms with Gasteiger partial charge in [0.25, 0.3) is 0 Å². The van der Waals surface area contributed by atoms with Crippen molar-refractivity contribution in [3.05, 3.63) is 40.1 Å². The van der Waals surface area contributed by atoms with Gasteiger partial charge in [-0.15, -0.1) is 11.3 Å². The maximum atomic E-state index is 12.4. The third-order valence-electron chi connectivity index (χ3n) is 5.77. The minimum Gasteiger partial charge on any atom is -0.493 e. The molecule has 182 valence electrons. The van der Waals surface area contributed by atoms with Crippen LogP contribution in [-0.2, 0) is 22.6 Å². The summed E-state index contributed by atoms with van der Waals surface area (Å²) < 4.78 is 6.06. The summed E-state index contributed by atoms with van der Waals surface area (Å²) in [6, 6.07) is 8.06. The van der Waals surface area contributed by atoms with E-state index < -0.39 is 5.97 Å². The van der Waals surface area contributed by atoms with E-state index in [-0.39, 0.29) is 18.2 Å². The van der Waals surface area contributed by atoms with Crippen LogP contribution >= 0.6 is 11.3 Å². The van der Waals surface area contributed by atoms with Crippen LogP contribution in [0.15, 0.2) is 29.6 Å². The number of unbranched alkanes of at least 4 members (excludes halogenated alkanes) is 4. The molecule has 0 saturated carbocycles. The highest BCUT2D eigenvalue weighted by molar-refractivity contribution is 7.10. The van der Waals surface area contributed by atoms with Gasteiger partial charge in [0.2, 0.25) is 5.91 Å². The average Bonchev–Trinajstić information content (AvgIpc) is 3.28. The molecule has 0 spiro atoms. The van der Waals surface area contributed by atoms with Crippen LogP contribution in [0.5, 0.6) is 5.75 Å². The number of carboxylic acids is 1. The van der Waals surface area contributed by atoms with E-state index in [1.54, 1.807) is 11.3 Å². The molecule has 2 aromatic rings. The first-order valence-corrected chi connectivity index (χ1v) is 13.2. The molecule has 0 fully saturated rings. The van der Waals surface area contributed by atoms with Crippen molar-refractivity contribution in [2.75, 3.05) is 6.61 Å². The van der Waals surface area contributed by atoms with Gasteiger partial charge in [0.15, 0.2) is 0 Å². The molecule has 2 N–H and O–H groups in total. The van der Waals surface area contributed by atoms with Gasteiger partial charge in [0.05, 0.1) is 13.2 Å². The fourth-order valence-electron chi connectivity index (χ4n) is 3.63. The van der Waals surface area contributed by atoms with Crippen molar-refractivity contribution in [1.82, 2.24) is 5.32 Å². The Kier molecular flexibility index (Phi) is 12.0. The Bertz CT molecular complexity index is 877. The van der Waals surface area contributed by atoms with Crippen LogP contribution in [0.1, 0.15) is 82.6 Å². The minimum absolute atomic E-state index is 0.0400. The molecular formula is C27H39NO4S. The number of ether oxygens (including phenoxy) is 1. The summed E-state index contributed by atoms with van der Waals surface area (Å²) in [4.78, 5) is 24.5. The summed E-state index contributed by atoms with van der Waals surface area (Å²) in [5.41, 5.74) is 3.03. The van der Waals surface area contributed by atoms with Crippen LogP contribution in [0, 0.1) is 5.92 Å². The summed E-state index contributed by atoms with van der Waals surface area (Å²) in [5, 5.41) is 14.2. The number of aliphatic carboxylic acids is 1. The Balaban J connectivity index is 2.01. The number of carbonyl (C=O) groups is 2. The van der Waals surface area contributed by atoms with E-state index in [0.29, 0.717) is 19.6 Å². The lowest BCUT2D eigenvalue weighted by molar-refractivity contribution is -0.137. The van der Waals surface area contributed by atoms with E-state index in [2.05, 4.69) is 30.6 Å². The van der Waals surface area contributed by atoms with Gasteiger partial charge in [-0.3, -0.25) is 9.59 Å². The fraction of sp³-hybridized carbons (Fsp3) is 0.556. The average molecular weight is 474 g/mol. The molecule has 0 radical (unpaired) electrons. The largest absolute Gasteiger partial charge is 0.493 e. The number of amides is 1. The Morgan fingerprint density at radius 2 is 1.88 bits per heavy atom. The van der Waals surface area contributed by atoms with Gasteiger partial charge in [-0.25, -0.2) is 0 Å². The van der Waals surface area contributed by atoms with Gasteiger partial charge in [0, 0.05) is 22.8 Å². The minimum atomic E-state index is -0.799. The smallest absolute Gasteiger partial charge is 0.303 e. The zero-order valence-electron chi connectivity index (χ0n) is 20.3. The molecule has 1 heterocycles. The topological polar surface area (TPSA) is 75.6 Å². The molecule has 5 nitrogen and oxygen atoms in total. The predicted octanol–water partition coefficient (Wildman–Crippen LogP) is 6.83. The van der Waals surface area contributed by atoms with E-state index in [9.17, 15) is 9.59 Å². The first-order chi connectivity index (χ1) is 15.9. The summed E-state index contributed by atoms with van der Waals surface area (Å²) in [6.07, 6.45) is 8.28. The molecule has 6 heteroatoms. The molecule has 1 unspecified atom stereocenters. The standard InChI is InChI=1S/C27H39NO4S/c1-4-6-8-9-10-20(3)27(31)28-18-23-17-22(19-33-23)24-13-11-21(12-14-26(29)30)16-25(24)32-15-7-5-2/h11,13,16-17,19-20H,4-10,12,14-15,18H2,1-3H3,(H,28,31)(H,29,30). The Hall–Kier alpha value is -2.34. The van der Waals surface area contributed by atoms with E-state index in [4.69, 9.17) is 9.84 Å². The first kappa shape index (κ1) is 26.9. The van der Waals surface area contributed by atoms with E-state index in [1.807, 2.05) is 25.1 Å². The number of nitrogens with one attached hydrogen (secondary N) is 1. The van der Waals surface area contributed by atoms with Crippen LogP contribution < -0.4 is 10.1 Å². The van der Waals surface area contributed by atoms with Crippen molar-refractivity contribution in [2.24, 2.45) is 5.92 Å². The molecule has 33 heavy (non-hydrogen) atoms. The molecule has 0 bridgehead atoms. The van der Waals surface area contributed by atoms with Crippen molar-refractivity contribution in [2.45, 2.75) is 85.1 Å². The van der Waals surface area contributed by atoms with Crippen molar-refractivity contribution >= 4 is 23.2 Å². The summed E-state index contributed by atoms with van der Waals surface area (Å²) in [6.45, 7) is 7.49. The predicted molar refractivity (Wildman–Crippen MR) is 136 cm³/mol. The molecule has 1 atom stereocenters. The lowest BCUT2D eigenvalue weighted by Gasteiger charge is -2.13. The molecule has 1 aromatic carbocycles. The number of rotatable bonds is 16. The Morgan fingerprint density at radius 3 is 2.61 bits per heavy atom. The van der Waals surface area contributed by atoms with Crippen LogP contribution in [0.3, 0.4) is 0 Å². The molecular weight excluding hydrogens is 434 g/mol. The van der Waals surface area contributed by atoms with Crippen LogP contribution in [0.4, 0.5) is 0 Å². The molecule has 2 rings (SSSR count). The quantitative estimate of drug-likeness (QED) is 0.262. The zero-order chi connectivity index (χ0) is 24.1. The zero-order valence-corrected chi connectivity index (χ0v) is 21.1. The van der Waals surface area contributed by atoms with Crippen LogP contribution in [-0.4, -0.2) is 23.6 Å². The van der Waals surface area contributed by atoms with Gasteiger partial charge in [-0.05, 0) is 47.9 Å². The third-order valence-corrected chi connectivity index (χ3v) is 6.71. The highest BCUT2D eigenvalue weighted by Gasteiger charge is 2.14. The van der Waals surface area contributed by atoms with Crippen molar-refractivity contribution in [3.63, 3.8) is 0 Å². The van der Waals surface area contributed by atoms with Gasteiger partial charge >= 0.3 is 5.97 Å². The molecule has 0 aliphatic rings. The highest BCUT2D eigenvalue weighted by Crippen LogP contribution is 2.34. The third kappa shape index (κ3) is 9.58.